The second-order valence-electron chi connectivity index (χ2n) is 8.29. The number of carbonyl (C=O) groups excluding carboxylic acids is 2. The summed E-state index contributed by atoms with van der Waals surface area (Å²) in [6.07, 6.45) is -0.305. The number of anilines is 1. The molecule has 0 unspecified atom stereocenters. The maximum Gasteiger partial charge on any atom is 0.416 e. The van der Waals surface area contributed by atoms with Crippen molar-refractivity contribution in [2.45, 2.75) is 38.3 Å². The summed E-state index contributed by atoms with van der Waals surface area (Å²) in [4.78, 5) is 24.8. The molecule has 3 N–H and O–H groups in total. The van der Waals surface area contributed by atoms with Crippen LogP contribution in [0.15, 0.2) is 22.6 Å². The summed E-state index contributed by atoms with van der Waals surface area (Å²) >= 11 is 0. The van der Waals surface area contributed by atoms with Crippen LogP contribution in [0.5, 0.6) is 0 Å². The fourth-order valence-corrected chi connectivity index (χ4v) is 4.63. The van der Waals surface area contributed by atoms with Crippen molar-refractivity contribution in [2.24, 2.45) is 17.6 Å². The van der Waals surface area contributed by atoms with Gasteiger partial charge in [0.25, 0.3) is 0 Å². The van der Waals surface area contributed by atoms with E-state index in [-0.39, 0.29) is 23.3 Å². The predicted octanol–water partition coefficient (Wildman–Crippen LogP) is 3.72. The van der Waals surface area contributed by atoms with Gasteiger partial charge < -0.3 is 20.4 Å². The molecule has 6 nitrogen and oxygen atoms in total. The lowest BCUT2D eigenvalue weighted by Crippen LogP contribution is -2.32. The summed E-state index contributed by atoms with van der Waals surface area (Å²) in [7, 11) is 0. The molecule has 31 heavy (non-hydrogen) atoms. The number of nitrogens with zero attached hydrogens (tertiary/aromatic N) is 1. The minimum absolute atomic E-state index is 0.0656. The average molecular weight is 435 g/mol. The zero-order valence-electron chi connectivity index (χ0n) is 16.9. The third kappa shape index (κ3) is 4.28. The van der Waals surface area contributed by atoms with Gasteiger partial charge in [0.1, 0.15) is 5.58 Å². The predicted molar refractivity (Wildman–Crippen MR) is 110 cm³/mol. The van der Waals surface area contributed by atoms with Gasteiger partial charge in [-0.05, 0) is 56.2 Å². The first-order chi connectivity index (χ1) is 14.8. The van der Waals surface area contributed by atoms with Gasteiger partial charge in [0.2, 0.25) is 5.91 Å². The van der Waals surface area contributed by atoms with Gasteiger partial charge in [0.15, 0.2) is 17.4 Å². The molecular formula is C22H24F3N3O3. The van der Waals surface area contributed by atoms with E-state index in [1.54, 1.807) is 0 Å². The largest absolute Gasteiger partial charge is 0.451 e. The van der Waals surface area contributed by atoms with E-state index in [4.69, 9.17) is 10.2 Å². The number of halogens is 3. The molecule has 0 radical (unpaired) electrons. The standard InChI is InChI=1S/C22H24F3N3O3/c23-22(24,25)15-5-6-18-16(11-15)19-20(31-18)17(12-29)27-8-10-28(19)9-7-13-1-3-14(4-2-13)21(26)30/h5-6,11,13-14,27H,1-4,7-10H2,(H2,26,30). The molecule has 1 aliphatic heterocycles. The normalized spacial score (nSPS) is 21.9. The second-order valence-corrected chi connectivity index (χ2v) is 8.29. The summed E-state index contributed by atoms with van der Waals surface area (Å²) in [6, 6.07) is 3.35. The second kappa shape index (κ2) is 8.30. The molecule has 0 spiro atoms. The summed E-state index contributed by atoms with van der Waals surface area (Å²) in [5.41, 5.74) is 5.55. The van der Waals surface area contributed by atoms with E-state index in [0.29, 0.717) is 42.2 Å². The SMILES string of the molecule is NC(=O)C1CCC(CCN2CCNC(=C=O)c3oc4ccc(C(F)(F)F)cc4c32)CC1. The van der Waals surface area contributed by atoms with Crippen molar-refractivity contribution < 1.29 is 27.2 Å². The minimum atomic E-state index is -4.48. The van der Waals surface area contributed by atoms with Crippen molar-refractivity contribution in [1.29, 1.82) is 0 Å². The van der Waals surface area contributed by atoms with Crippen molar-refractivity contribution in [2.75, 3.05) is 24.5 Å². The first-order valence-corrected chi connectivity index (χ1v) is 10.4. The van der Waals surface area contributed by atoms with Gasteiger partial charge in [-0.2, -0.15) is 13.2 Å². The lowest BCUT2D eigenvalue weighted by atomic mass is 9.80. The fraction of sp³-hybridized carbons (Fsp3) is 0.500. The quantitative estimate of drug-likeness (QED) is 0.715. The van der Waals surface area contributed by atoms with E-state index in [0.717, 1.165) is 44.2 Å². The first kappa shape index (κ1) is 21.3. The maximum atomic E-state index is 13.3. The molecule has 1 saturated carbocycles. The Morgan fingerprint density at radius 2 is 2.00 bits per heavy atom. The zero-order chi connectivity index (χ0) is 22.2. The Bertz CT molecular complexity index is 1030. The fourth-order valence-electron chi connectivity index (χ4n) is 4.63. The number of hydrogen-bond acceptors (Lipinski definition) is 5. The topological polar surface area (TPSA) is 88.6 Å². The average Bonchev–Trinajstić information content (AvgIpc) is 3.02. The van der Waals surface area contributed by atoms with Crippen LogP contribution in [0.2, 0.25) is 0 Å². The number of nitrogens with two attached hydrogens (primary N) is 1. The van der Waals surface area contributed by atoms with E-state index in [1.165, 1.54) is 6.07 Å². The number of benzene rings is 1. The van der Waals surface area contributed by atoms with E-state index in [2.05, 4.69) is 5.32 Å². The van der Waals surface area contributed by atoms with Crippen molar-refractivity contribution in [3.8, 4) is 0 Å². The first-order valence-electron chi connectivity index (χ1n) is 10.4. The van der Waals surface area contributed by atoms with Crippen molar-refractivity contribution >= 4 is 34.2 Å². The minimum Gasteiger partial charge on any atom is -0.451 e. The highest BCUT2D eigenvalue weighted by atomic mass is 19.4. The van der Waals surface area contributed by atoms with Crippen LogP contribution in [0, 0.1) is 11.8 Å². The molecule has 0 saturated heterocycles. The molecule has 0 bridgehead atoms. The highest BCUT2D eigenvalue weighted by Gasteiger charge is 2.33. The van der Waals surface area contributed by atoms with E-state index in [1.807, 2.05) is 10.8 Å². The van der Waals surface area contributed by atoms with Gasteiger partial charge in [0.05, 0.1) is 11.3 Å². The number of furan rings is 1. The number of nitrogens with one attached hydrogen (secondary N) is 1. The van der Waals surface area contributed by atoms with Crippen molar-refractivity contribution in [3.63, 3.8) is 0 Å². The lowest BCUT2D eigenvalue weighted by molar-refractivity contribution is -0.137. The van der Waals surface area contributed by atoms with E-state index < -0.39 is 11.7 Å². The Labute approximate surface area is 177 Å². The molecule has 1 amide bonds. The van der Waals surface area contributed by atoms with Crippen molar-refractivity contribution in [1.82, 2.24) is 5.32 Å². The van der Waals surface area contributed by atoms with Crippen LogP contribution in [-0.4, -0.2) is 31.5 Å². The number of hydrogen-bond donors (Lipinski definition) is 2. The van der Waals surface area contributed by atoms with Crippen LogP contribution >= 0.6 is 0 Å². The molecule has 2 aromatic rings. The molecule has 1 fully saturated rings. The highest BCUT2D eigenvalue weighted by Crippen LogP contribution is 2.41. The Morgan fingerprint density at radius 3 is 2.65 bits per heavy atom. The summed E-state index contributed by atoms with van der Waals surface area (Å²) in [5.74, 6) is 2.14. The number of fused-ring (bicyclic) bond motifs is 3. The van der Waals surface area contributed by atoms with Gasteiger partial charge in [0, 0.05) is 30.9 Å². The highest BCUT2D eigenvalue weighted by molar-refractivity contribution is 6.01. The van der Waals surface area contributed by atoms with E-state index >= 15 is 0 Å². The van der Waals surface area contributed by atoms with Gasteiger partial charge in [-0.1, -0.05) is 0 Å². The molecule has 1 aliphatic carbocycles. The molecule has 2 aliphatic rings. The van der Waals surface area contributed by atoms with Crippen LogP contribution in [-0.2, 0) is 15.8 Å². The monoisotopic (exact) mass is 435 g/mol. The Kier molecular flexibility index (Phi) is 5.71. The molecule has 166 valence electrons. The number of rotatable bonds is 4. The summed E-state index contributed by atoms with van der Waals surface area (Å²) in [5, 5.41) is 3.30. The summed E-state index contributed by atoms with van der Waals surface area (Å²) in [6.45, 7) is 1.57. The van der Waals surface area contributed by atoms with Crippen LogP contribution in [0.4, 0.5) is 18.9 Å². The maximum absolute atomic E-state index is 13.3. The molecule has 4 rings (SSSR count). The van der Waals surface area contributed by atoms with Gasteiger partial charge in [-0.25, -0.2) is 4.79 Å². The molecule has 2 heterocycles. The molecule has 1 aromatic carbocycles. The third-order valence-corrected chi connectivity index (χ3v) is 6.37. The molecule has 1 aromatic heterocycles. The van der Waals surface area contributed by atoms with Gasteiger partial charge >= 0.3 is 6.18 Å². The molecular weight excluding hydrogens is 411 g/mol. The third-order valence-electron chi connectivity index (χ3n) is 6.37. The van der Waals surface area contributed by atoms with Gasteiger partial charge in [-0.15, -0.1) is 0 Å². The van der Waals surface area contributed by atoms with Crippen LogP contribution < -0.4 is 16.0 Å². The number of carbonyl (C=O) groups is 1. The smallest absolute Gasteiger partial charge is 0.416 e. The van der Waals surface area contributed by atoms with Crippen molar-refractivity contribution in [3.05, 3.63) is 29.5 Å². The van der Waals surface area contributed by atoms with Crippen LogP contribution in [0.1, 0.15) is 43.4 Å². The van der Waals surface area contributed by atoms with Crippen LogP contribution in [0.25, 0.3) is 16.7 Å². The molecule has 0 atom stereocenters. The zero-order valence-corrected chi connectivity index (χ0v) is 16.9. The number of amides is 1. The lowest BCUT2D eigenvalue weighted by Gasteiger charge is -2.29. The Hall–Kier alpha value is -2.93. The Balaban J connectivity index is 1.62. The summed E-state index contributed by atoms with van der Waals surface area (Å²) < 4.78 is 45.7. The number of alkyl halides is 3. The Morgan fingerprint density at radius 1 is 1.26 bits per heavy atom. The van der Waals surface area contributed by atoms with Crippen LogP contribution in [0.3, 0.4) is 0 Å². The molecule has 9 heteroatoms. The van der Waals surface area contributed by atoms with Gasteiger partial charge in [-0.3, -0.25) is 4.79 Å². The van der Waals surface area contributed by atoms with E-state index in [9.17, 15) is 22.8 Å². The number of primary amides is 1.